The number of allylic oxidation sites excluding steroid dienone is 1. The Balaban J connectivity index is 1.70. The van der Waals surface area contributed by atoms with Crippen LogP contribution in [0.1, 0.15) is 35.6 Å². The minimum absolute atomic E-state index is 0.281. The Morgan fingerprint density at radius 2 is 1.83 bits per heavy atom. The van der Waals surface area contributed by atoms with E-state index in [1.54, 1.807) is 25.2 Å². The number of fused-ring (bicyclic) bond motifs is 1. The molecule has 1 unspecified atom stereocenters. The van der Waals surface area contributed by atoms with Crippen molar-refractivity contribution in [3.63, 3.8) is 0 Å². The lowest BCUT2D eigenvalue weighted by molar-refractivity contribution is 0.353. The molecule has 2 aliphatic heterocycles. The van der Waals surface area contributed by atoms with E-state index >= 15 is 0 Å². The third-order valence-corrected chi connectivity index (χ3v) is 6.40. The van der Waals surface area contributed by atoms with E-state index in [-0.39, 0.29) is 5.88 Å². The summed E-state index contributed by atoms with van der Waals surface area (Å²) in [5, 5.41) is 15.1. The van der Waals surface area contributed by atoms with Gasteiger partial charge in [-0.15, -0.1) is 0 Å². The van der Waals surface area contributed by atoms with Gasteiger partial charge < -0.3 is 19.1 Å². The van der Waals surface area contributed by atoms with Crippen molar-refractivity contribution in [2.75, 3.05) is 27.3 Å². The van der Waals surface area contributed by atoms with E-state index in [2.05, 4.69) is 16.0 Å². The van der Waals surface area contributed by atoms with Crippen LogP contribution in [0, 0.1) is 18.3 Å². The minimum atomic E-state index is -0.424. The molecule has 0 bridgehead atoms. The second-order valence-corrected chi connectivity index (χ2v) is 8.52. The second kappa shape index (κ2) is 9.55. The topological polar surface area (TPSA) is 84.9 Å². The van der Waals surface area contributed by atoms with E-state index in [0.717, 1.165) is 48.4 Å². The fraction of sp³-hybridized carbons (Fsp3) is 0.296. The van der Waals surface area contributed by atoms with Gasteiger partial charge in [-0.3, -0.25) is 0 Å². The molecule has 0 radical (unpaired) electrons. The zero-order valence-electron chi connectivity index (χ0n) is 20.1. The van der Waals surface area contributed by atoms with Crippen LogP contribution < -0.4 is 14.2 Å². The first kappa shape index (κ1) is 22.5. The Morgan fingerprint density at radius 1 is 1.09 bits per heavy atom. The molecular weight excluding hydrogens is 442 g/mol. The van der Waals surface area contributed by atoms with Crippen LogP contribution in [0.4, 0.5) is 0 Å². The predicted octanol–water partition coefficient (Wildman–Crippen LogP) is 4.58. The molecule has 35 heavy (non-hydrogen) atoms. The van der Waals surface area contributed by atoms with E-state index in [4.69, 9.17) is 19.3 Å². The van der Waals surface area contributed by atoms with Gasteiger partial charge in [-0.1, -0.05) is 24.3 Å². The molecule has 2 aromatic carbocycles. The van der Waals surface area contributed by atoms with Crippen molar-refractivity contribution >= 4 is 6.34 Å². The largest absolute Gasteiger partial charge is 0.493 e. The molecule has 1 saturated heterocycles. The van der Waals surface area contributed by atoms with Crippen LogP contribution in [0.3, 0.4) is 0 Å². The maximum Gasteiger partial charge on any atom is 0.237 e. The molecule has 2 aliphatic rings. The quantitative estimate of drug-likeness (QED) is 0.388. The Labute approximate surface area is 204 Å². The third kappa shape index (κ3) is 4.10. The average Bonchev–Trinajstić information content (AvgIpc) is 3.54. The molecule has 0 aliphatic carbocycles. The molecule has 1 fully saturated rings. The number of likely N-dealkylation sites (tertiary alicyclic amines) is 1. The van der Waals surface area contributed by atoms with Crippen molar-refractivity contribution in [1.82, 2.24) is 14.7 Å². The predicted molar refractivity (Wildman–Crippen MR) is 132 cm³/mol. The summed E-state index contributed by atoms with van der Waals surface area (Å²) < 4.78 is 19.1. The lowest BCUT2D eigenvalue weighted by Gasteiger charge is -2.25. The van der Waals surface area contributed by atoms with Gasteiger partial charge in [-0.2, -0.15) is 10.4 Å². The number of methoxy groups -OCH3 is 2. The summed E-state index contributed by atoms with van der Waals surface area (Å²) >= 11 is 0. The highest BCUT2D eigenvalue weighted by molar-refractivity contribution is 5.62. The number of benzene rings is 2. The summed E-state index contributed by atoms with van der Waals surface area (Å²) in [6, 6.07) is 17.9. The van der Waals surface area contributed by atoms with Crippen molar-refractivity contribution in [2.24, 2.45) is 4.99 Å². The van der Waals surface area contributed by atoms with E-state index in [0.29, 0.717) is 23.0 Å². The molecule has 0 saturated carbocycles. The first-order valence-corrected chi connectivity index (χ1v) is 11.6. The highest BCUT2D eigenvalue weighted by Gasteiger charge is 2.37. The van der Waals surface area contributed by atoms with Crippen molar-refractivity contribution in [3.8, 4) is 29.1 Å². The zero-order valence-corrected chi connectivity index (χ0v) is 20.1. The average molecular weight is 470 g/mol. The highest BCUT2D eigenvalue weighted by Crippen LogP contribution is 2.47. The number of aryl methyl sites for hydroxylation is 1. The number of ether oxygens (including phenoxy) is 3. The van der Waals surface area contributed by atoms with Gasteiger partial charge in [0.1, 0.15) is 11.6 Å². The van der Waals surface area contributed by atoms with Gasteiger partial charge in [0.05, 0.1) is 43.4 Å². The van der Waals surface area contributed by atoms with E-state index < -0.39 is 5.92 Å². The number of aromatic nitrogens is 2. The van der Waals surface area contributed by atoms with Gasteiger partial charge >= 0.3 is 0 Å². The van der Waals surface area contributed by atoms with Gasteiger partial charge in [-0.05, 0) is 49.6 Å². The Morgan fingerprint density at radius 3 is 2.51 bits per heavy atom. The summed E-state index contributed by atoms with van der Waals surface area (Å²) in [5.74, 6) is 1.62. The summed E-state index contributed by atoms with van der Waals surface area (Å²) in [6.45, 7) is 3.83. The number of aliphatic imine (C=N–C) groups is 1. The van der Waals surface area contributed by atoms with Crippen LogP contribution in [-0.4, -0.2) is 48.3 Å². The summed E-state index contributed by atoms with van der Waals surface area (Å²) in [5.41, 5.74) is 3.77. The van der Waals surface area contributed by atoms with Crippen molar-refractivity contribution in [2.45, 2.75) is 25.7 Å². The third-order valence-electron chi connectivity index (χ3n) is 6.40. The monoisotopic (exact) mass is 469 g/mol. The highest BCUT2D eigenvalue weighted by atomic mass is 16.5. The zero-order chi connectivity index (χ0) is 24.4. The SMILES string of the molecule is COc1ccc(C2C(C#N)=C(N=CN3CCCC3)Oc3c2c(C)nn3-c2ccccc2)cc1OC. The maximum atomic E-state index is 10.3. The number of nitrogens with zero attached hydrogens (tertiary/aromatic N) is 5. The fourth-order valence-corrected chi connectivity index (χ4v) is 4.67. The molecule has 8 nitrogen and oxygen atoms in total. The summed E-state index contributed by atoms with van der Waals surface area (Å²) in [6.07, 6.45) is 4.05. The van der Waals surface area contributed by atoms with E-state index in [1.165, 1.54) is 0 Å². The molecular formula is C27H27N5O3. The second-order valence-electron chi connectivity index (χ2n) is 8.52. The Kier molecular flexibility index (Phi) is 6.15. The number of para-hydroxylation sites is 1. The summed E-state index contributed by atoms with van der Waals surface area (Å²) in [4.78, 5) is 6.80. The number of rotatable bonds is 6. The minimum Gasteiger partial charge on any atom is -0.493 e. The van der Waals surface area contributed by atoms with Crippen molar-refractivity contribution in [3.05, 3.63) is 76.8 Å². The van der Waals surface area contributed by atoms with Gasteiger partial charge in [0.25, 0.3) is 0 Å². The first-order valence-electron chi connectivity index (χ1n) is 11.6. The lowest BCUT2D eigenvalue weighted by Crippen LogP contribution is -2.20. The maximum absolute atomic E-state index is 10.3. The molecule has 1 atom stereocenters. The van der Waals surface area contributed by atoms with E-state index in [1.807, 2.05) is 55.5 Å². The summed E-state index contributed by atoms with van der Waals surface area (Å²) in [7, 11) is 3.20. The van der Waals surface area contributed by atoms with Gasteiger partial charge in [0, 0.05) is 13.1 Å². The first-order chi connectivity index (χ1) is 17.1. The molecule has 0 spiro atoms. The molecule has 8 heteroatoms. The molecule has 1 aromatic heterocycles. The normalized spacial score (nSPS) is 17.3. The van der Waals surface area contributed by atoms with Crippen LogP contribution in [0.2, 0.25) is 0 Å². The van der Waals surface area contributed by atoms with E-state index in [9.17, 15) is 5.26 Å². The van der Waals surface area contributed by atoms with Gasteiger partial charge in [0.15, 0.2) is 11.5 Å². The molecule has 3 heterocycles. The Bertz CT molecular complexity index is 1330. The van der Waals surface area contributed by atoms with Crippen LogP contribution in [0.5, 0.6) is 17.4 Å². The molecule has 3 aromatic rings. The number of nitriles is 1. The number of hydrogen-bond acceptors (Lipinski definition) is 6. The fourth-order valence-electron chi connectivity index (χ4n) is 4.67. The molecule has 0 amide bonds. The van der Waals surface area contributed by atoms with Crippen LogP contribution >= 0.6 is 0 Å². The molecule has 178 valence electrons. The molecule has 5 rings (SSSR count). The van der Waals surface area contributed by atoms with Crippen LogP contribution in [0.25, 0.3) is 5.69 Å². The lowest BCUT2D eigenvalue weighted by atomic mass is 9.84. The van der Waals surface area contributed by atoms with Crippen LogP contribution in [0.15, 0.2) is 65.0 Å². The van der Waals surface area contributed by atoms with Gasteiger partial charge in [0.2, 0.25) is 11.8 Å². The smallest absolute Gasteiger partial charge is 0.237 e. The molecule has 0 N–H and O–H groups in total. The number of hydrogen-bond donors (Lipinski definition) is 0. The van der Waals surface area contributed by atoms with Crippen molar-refractivity contribution in [1.29, 1.82) is 5.26 Å². The standard InChI is InChI=1S/C27H27N5O3/c1-18-24-25(19-11-12-22(33-2)23(15-19)34-3)21(16-28)26(29-17-31-13-7-8-14-31)35-27(24)32(30-18)20-9-5-4-6-10-20/h4-6,9-12,15,17,25H,7-8,13-14H2,1-3H3. The van der Waals surface area contributed by atoms with Crippen molar-refractivity contribution < 1.29 is 14.2 Å². The van der Waals surface area contributed by atoms with Gasteiger partial charge in [-0.25, -0.2) is 9.67 Å². The Hall–Kier alpha value is -4.25. The van der Waals surface area contributed by atoms with Crippen LogP contribution in [-0.2, 0) is 0 Å².